The van der Waals surface area contributed by atoms with Crippen molar-refractivity contribution < 1.29 is 9.53 Å². The molecular formula is C9H16O2. The fourth-order valence-corrected chi connectivity index (χ4v) is 0.622. The van der Waals surface area contributed by atoms with E-state index in [2.05, 4.69) is 13.5 Å². The van der Waals surface area contributed by atoms with Crippen LogP contribution in [0.1, 0.15) is 32.6 Å². The van der Waals surface area contributed by atoms with Crippen LogP contribution in [0.2, 0.25) is 0 Å². The standard InChI is InChI=1S/C9H16O2/c1-3-5-7-9(10)11-8-6-4-2/h3H,1,4-8H2,2H3. The van der Waals surface area contributed by atoms with Gasteiger partial charge >= 0.3 is 5.97 Å². The molecule has 0 saturated carbocycles. The summed E-state index contributed by atoms with van der Waals surface area (Å²) in [6, 6.07) is 0. The summed E-state index contributed by atoms with van der Waals surface area (Å²) >= 11 is 0. The predicted octanol–water partition coefficient (Wildman–Crippen LogP) is 2.30. The topological polar surface area (TPSA) is 26.3 Å². The van der Waals surface area contributed by atoms with Gasteiger partial charge < -0.3 is 4.74 Å². The molecule has 0 rings (SSSR count). The molecule has 0 aliphatic carbocycles. The van der Waals surface area contributed by atoms with E-state index in [9.17, 15) is 4.79 Å². The van der Waals surface area contributed by atoms with Crippen LogP contribution >= 0.6 is 0 Å². The molecule has 11 heavy (non-hydrogen) atoms. The lowest BCUT2D eigenvalue weighted by atomic mass is 10.3. The average Bonchev–Trinajstić information content (AvgIpc) is 2.01. The van der Waals surface area contributed by atoms with Crippen molar-refractivity contribution >= 4 is 5.97 Å². The van der Waals surface area contributed by atoms with Crippen LogP contribution in [-0.2, 0) is 9.53 Å². The van der Waals surface area contributed by atoms with Crippen LogP contribution < -0.4 is 0 Å². The summed E-state index contributed by atoms with van der Waals surface area (Å²) in [6.45, 7) is 6.15. The Morgan fingerprint density at radius 3 is 2.91 bits per heavy atom. The fraction of sp³-hybridized carbons (Fsp3) is 0.667. The highest BCUT2D eigenvalue weighted by Gasteiger charge is 1.98. The summed E-state index contributed by atoms with van der Waals surface area (Å²) in [5, 5.41) is 0. The van der Waals surface area contributed by atoms with Crippen molar-refractivity contribution in [2.24, 2.45) is 0 Å². The third-order valence-corrected chi connectivity index (χ3v) is 1.31. The molecule has 2 nitrogen and oxygen atoms in total. The molecule has 0 aliphatic rings. The molecule has 0 heterocycles. The lowest BCUT2D eigenvalue weighted by Crippen LogP contribution is -2.04. The molecule has 0 unspecified atom stereocenters. The number of carbonyl (C=O) groups is 1. The molecule has 0 aromatic carbocycles. The third-order valence-electron chi connectivity index (χ3n) is 1.31. The van der Waals surface area contributed by atoms with Gasteiger partial charge in [-0.25, -0.2) is 0 Å². The highest BCUT2D eigenvalue weighted by atomic mass is 16.5. The third kappa shape index (κ3) is 7.10. The lowest BCUT2D eigenvalue weighted by Gasteiger charge is -2.01. The molecule has 0 N–H and O–H groups in total. The Morgan fingerprint density at radius 1 is 1.64 bits per heavy atom. The van der Waals surface area contributed by atoms with Crippen LogP contribution in [0.5, 0.6) is 0 Å². The molecule has 0 aliphatic heterocycles. The Labute approximate surface area is 68.2 Å². The molecule has 0 saturated heterocycles. The fourth-order valence-electron chi connectivity index (χ4n) is 0.622. The summed E-state index contributed by atoms with van der Waals surface area (Å²) in [6.07, 6.45) is 4.92. The van der Waals surface area contributed by atoms with Gasteiger partial charge in [0.15, 0.2) is 0 Å². The van der Waals surface area contributed by atoms with Crippen molar-refractivity contribution in [1.82, 2.24) is 0 Å². The van der Waals surface area contributed by atoms with E-state index in [4.69, 9.17) is 4.74 Å². The zero-order chi connectivity index (χ0) is 8.53. The van der Waals surface area contributed by atoms with Crippen molar-refractivity contribution in [2.45, 2.75) is 32.6 Å². The molecule has 0 fully saturated rings. The van der Waals surface area contributed by atoms with E-state index in [0.29, 0.717) is 19.4 Å². The number of allylic oxidation sites excluding steroid dienone is 1. The maximum Gasteiger partial charge on any atom is 0.306 e. The summed E-state index contributed by atoms with van der Waals surface area (Å²) in [7, 11) is 0. The summed E-state index contributed by atoms with van der Waals surface area (Å²) in [5.74, 6) is -0.113. The molecule has 0 atom stereocenters. The van der Waals surface area contributed by atoms with E-state index in [-0.39, 0.29) is 5.97 Å². The quantitative estimate of drug-likeness (QED) is 0.335. The molecule has 0 aromatic heterocycles. The first-order valence-electron chi connectivity index (χ1n) is 4.07. The van der Waals surface area contributed by atoms with Gasteiger partial charge in [0.05, 0.1) is 6.61 Å². The Balaban J connectivity index is 3.15. The Morgan fingerprint density at radius 2 is 2.36 bits per heavy atom. The summed E-state index contributed by atoms with van der Waals surface area (Å²) in [4.78, 5) is 10.8. The van der Waals surface area contributed by atoms with Crippen molar-refractivity contribution in [2.75, 3.05) is 6.61 Å². The molecule has 2 heteroatoms. The molecule has 0 bridgehead atoms. The van der Waals surface area contributed by atoms with Crippen LogP contribution in [0.4, 0.5) is 0 Å². The molecule has 64 valence electrons. The van der Waals surface area contributed by atoms with Crippen molar-refractivity contribution in [3.05, 3.63) is 12.7 Å². The number of unbranched alkanes of at least 4 members (excludes halogenated alkanes) is 1. The van der Waals surface area contributed by atoms with Gasteiger partial charge in [-0.3, -0.25) is 4.79 Å². The van der Waals surface area contributed by atoms with Crippen molar-refractivity contribution in [1.29, 1.82) is 0 Å². The van der Waals surface area contributed by atoms with E-state index in [0.717, 1.165) is 12.8 Å². The Bertz CT molecular complexity index is 119. The minimum absolute atomic E-state index is 0.113. The highest BCUT2D eigenvalue weighted by molar-refractivity contribution is 5.69. The summed E-state index contributed by atoms with van der Waals surface area (Å²) < 4.78 is 4.90. The zero-order valence-corrected chi connectivity index (χ0v) is 7.14. The van der Waals surface area contributed by atoms with Crippen LogP contribution in [0, 0.1) is 0 Å². The van der Waals surface area contributed by atoms with Crippen LogP contribution in [-0.4, -0.2) is 12.6 Å². The first kappa shape index (κ1) is 10.2. The average molecular weight is 156 g/mol. The van der Waals surface area contributed by atoms with Gasteiger partial charge in [0, 0.05) is 6.42 Å². The number of rotatable bonds is 6. The minimum atomic E-state index is -0.113. The zero-order valence-electron chi connectivity index (χ0n) is 7.14. The van der Waals surface area contributed by atoms with Crippen LogP contribution in [0.25, 0.3) is 0 Å². The van der Waals surface area contributed by atoms with Crippen LogP contribution in [0.15, 0.2) is 12.7 Å². The first-order chi connectivity index (χ1) is 5.31. The minimum Gasteiger partial charge on any atom is -0.466 e. The number of esters is 1. The van der Waals surface area contributed by atoms with E-state index in [1.165, 1.54) is 0 Å². The maximum atomic E-state index is 10.8. The van der Waals surface area contributed by atoms with Gasteiger partial charge in [-0.1, -0.05) is 19.4 Å². The normalized spacial score (nSPS) is 9.18. The van der Waals surface area contributed by atoms with Crippen molar-refractivity contribution in [3.63, 3.8) is 0 Å². The number of hydrogen-bond acceptors (Lipinski definition) is 2. The van der Waals surface area contributed by atoms with Gasteiger partial charge in [0.2, 0.25) is 0 Å². The molecule has 0 amide bonds. The predicted molar refractivity (Wildman–Crippen MR) is 45.3 cm³/mol. The van der Waals surface area contributed by atoms with E-state index < -0.39 is 0 Å². The second-order valence-corrected chi connectivity index (χ2v) is 2.40. The SMILES string of the molecule is C=CCCC(=O)OCCCC. The maximum absolute atomic E-state index is 10.8. The van der Waals surface area contributed by atoms with Crippen LogP contribution in [0.3, 0.4) is 0 Å². The Kier molecular flexibility index (Phi) is 6.79. The monoisotopic (exact) mass is 156 g/mol. The Hall–Kier alpha value is -0.790. The lowest BCUT2D eigenvalue weighted by molar-refractivity contribution is -0.143. The second kappa shape index (κ2) is 7.32. The van der Waals surface area contributed by atoms with E-state index in [1.807, 2.05) is 0 Å². The molecule has 0 aromatic rings. The number of carbonyl (C=O) groups excluding carboxylic acids is 1. The van der Waals surface area contributed by atoms with E-state index in [1.54, 1.807) is 6.08 Å². The molecule has 0 spiro atoms. The molecular weight excluding hydrogens is 140 g/mol. The molecule has 0 radical (unpaired) electrons. The second-order valence-electron chi connectivity index (χ2n) is 2.40. The van der Waals surface area contributed by atoms with Crippen molar-refractivity contribution in [3.8, 4) is 0 Å². The number of ether oxygens (including phenoxy) is 1. The van der Waals surface area contributed by atoms with E-state index >= 15 is 0 Å². The van der Waals surface area contributed by atoms with Gasteiger partial charge in [-0.05, 0) is 12.8 Å². The van der Waals surface area contributed by atoms with Gasteiger partial charge in [0.1, 0.15) is 0 Å². The van der Waals surface area contributed by atoms with Gasteiger partial charge in [-0.15, -0.1) is 6.58 Å². The summed E-state index contributed by atoms with van der Waals surface area (Å²) in [5.41, 5.74) is 0. The number of hydrogen-bond donors (Lipinski definition) is 0. The first-order valence-corrected chi connectivity index (χ1v) is 4.07. The van der Waals surface area contributed by atoms with Gasteiger partial charge in [-0.2, -0.15) is 0 Å². The highest BCUT2D eigenvalue weighted by Crippen LogP contribution is 1.95. The smallest absolute Gasteiger partial charge is 0.306 e. The largest absolute Gasteiger partial charge is 0.466 e. The van der Waals surface area contributed by atoms with Gasteiger partial charge in [0.25, 0.3) is 0 Å².